The average Bonchev–Trinajstić information content (AvgIpc) is 2.89. The predicted molar refractivity (Wildman–Crippen MR) is 132 cm³/mol. The van der Waals surface area contributed by atoms with E-state index in [4.69, 9.17) is 0 Å². The van der Waals surface area contributed by atoms with Crippen LogP contribution in [0.3, 0.4) is 0 Å². The Labute approximate surface area is 201 Å². The predicted octanol–water partition coefficient (Wildman–Crippen LogP) is 4.34. The minimum absolute atomic E-state index is 0.0754. The summed E-state index contributed by atoms with van der Waals surface area (Å²) >= 11 is 0. The van der Waals surface area contributed by atoms with E-state index in [0.29, 0.717) is 29.4 Å². The Morgan fingerprint density at radius 3 is 2.54 bits per heavy atom. The number of fused-ring (bicyclic) bond motifs is 1. The van der Waals surface area contributed by atoms with Gasteiger partial charge in [-0.25, -0.2) is 23.7 Å². The Morgan fingerprint density at radius 2 is 1.80 bits per heavy atom. The van der Waals surface area contributed by atoms with Gasteiger partial charge in [0, 0.05) is 48.9 Å². The van der Waals surface area contributed by atoms with Gasteiger partial charge in [0.05, 0.1) is 23.3 Å². The SMILES string of the molecule is CNC(=O)c1ccnc2c([C@H](C)CNc3cc(-c4ccc(NCC(F)F)nc4)ncn3)cccc12. The van der Waals surface area contributed by atoms with E-state index in [1.807, 2.05) is 18.2 Å². The van der Waals surface area contributed by atoms with Crippen molar-refractivity contribution in [1.82, 2.24) is 25.3 Å². The van der Waals surface area contributed by atoms with Crippen molar-refractivity contribution in [2.45, 2.75) is 19.3 Å². The normalized spacial score (nSPS) is 11.9. The fourth-order valence-electron chi connectivity index (χ4n) is 3.74. The molecule has 0 spiro atoms. The fourth-order valence-corrected chi connectivity index (χ4v) is 3.74. The number of hydrogen-bond donors (Lipinski definition) is 3. The summed E-state index contributed by atoms with van der Waals surface area (Å²) in [6, 6.07) is 12.8. The Balaban J connectivity index is 1.47. The first kappa shape index (κ1) is 23.9. The summed E-state index contributed by atoms with van der Waals surface area (Å²) in [5.41, 5.74) is 3.80. The number of pyridine rings is 2. The van der Waals surface area contributed by atoms with Gasteiger partial charge in [-0.05, 0) is 23.8 Å². The lowest BCUT2D eigenvalue weighted by Gasteiger charge is -2.16. The molecule has 0 bridgehead atoms. The number of anilines is 2. The molecule has 0 fully saturated rings. The van der Waals surface area contributed by atoms with Gasteiger partial charge in [0.25, 0.3) is 12.3 Å². The highest BCUT2D eigenvalue weighted by molar-refractivity contribution is 6.06. The van der Waals surface area contributed by atoms with Crippen LogP contribution in [-0.2, 0) is 0 Å². The molecule has 4 rings (SSSR count). The first-order chi connectivity index (χ1) is 17.0. The van der Waals surface area contributed by atoms with Crippen LogP contribution in [0.1, 0.15) is 28.8 Å². The lowest BCUT2D eigenvalue weighted by molar-refractivity contribution is 0.0964. The zero-order valence-electron chi connectivity index (χ0n) is 19.3. The van der Waals surface area contributed by atoms with Crippen molar-refractivity contribution in [3.8, 4) is 11.3 Å². The molecule has 8 nitrogen and oxygen atoms in total. The Hall–Kier alpha value is -4.21. The molecule has 3 N–H and O–H groups in total. The van der Waals surface area contributed by atoms with Gasteiger partial charge in [-0.2, -0.15) is 0 Å². The summed E-state index contributed by atoms with van der Waals surface area (Å²) in [5.74, 6) is 0.937. The van der Waals surface area contributed by atoms with E-state index in [9.17, 15) is 13.6 Å². The van der Waals surface area contributed by atoms with E-state index in [-0.39, 0.29) is 11.8 Å². The number of hydrogen-bond acceptors (Lipinski definition) is 7. The number of para-hydroxylation sites is 1. The summed E-state index contributed by atoms with van der Waals surface area (Å²) in [6.45, 7) is 2.20. The molecule has 0 saturated carbocycles. The quantitative estimate of drug-likeness (QED) is 0.329. The van der Waals surface area contributed by atoms with Crippen molar-refractivity contribution < 1.29 is 13.6 Å². The van der Waals surface area contributed by atoms with E-state index < -0.39 is 13.0 Å². The van der Waals surface area contributed by atoms with E-state index in [2.05, 4.69) is 42.8 Å². The average molecular weight is 478 g/mol. The summed E-state index contributed by atoms with van der Waals surface area (Å²) in [6.07, 6.45) is 2.24. The van der Waals surface area contributed by atoms with Crippen molar-refractivity contribution in [3.63, 3.8) is 0 Å². The van der Waals surface area contributed by atoms with E-state index in [0.717, 1.165) is 22.0 Å². The van der Waals surface area contributed by atoms with Gasteiger partial charge < -0.3 is 16.0 Å². The molecule has 4 aromatic rings. The molecule has 0 aliphatic carbocycles. The number of nitrogens with zero attached hydrogens (tertiary/aromatic N) is 4. The number of halogens is 2. The highest BCUT2D eigenvalue weighted by Crippen LogP contribution is 2.27. The maximum Gasteiger partial charge on any atom is 0.255 e. The third-order valence-corrected chi connectivity index (χ3v) is 5.56. The van der Waals surface area contributed by atoms with Gasteiger partial charge in [0.2, 0.25) is 0 Å². The molecule has 3 aromatic heterocycles. The van der Waals surface area contributed by atoms with E-state index in [1.54, 1.807) is 43.7 Å². The maximum atomic E-state index is 12.4. The standard InChI is InChI=1S/C25H25F2N7O/c1-15(17-4-3-5-18-19(25(35)28-2)8-9-29-24(17)18)11-30-23-10-20(33-14-34-23)16-6-7-22(31-12-16)32-13-21(26)27/h3-10,12,14-15,21H,11,13H2,1-2H3,(H,28,35)(H,31,32)(H,30,33,34)/t15-/m1/s1. The van der Waals surface area contributed by atoms with Gasteiger partial charge in [0.15, 0.2) is 0 Å². The number of nitrogens with one attached hydrogen (secondary N) is 3. The third kappa shape index (κ3) is 5.65. The van der Waals surface area contributed by atoms with Crippen LogP contribution in [0.25, 0.3) is 22.2 Å². The molecule has 0 unspecified atom stereocenters. The summed E-state index contributed by atoms with van der Waals surface area (Å²) in [7, 11) is 1.61. The van der Waals surface area contributed by atoms with Crippen LogP contribution in [0.5, 0.6) is 0 Å². The number of aromatic nitrogens is 4. The van der Waals surface area contributed by atoms with Crippen LogP contribution in [0.2, 0.25) is 0 Å². The largest absolute Gasteiger partial charge is 0.369 e. The van der Waals surface area contributed by atoms with Crippen LogP contribution in [-0.4, -0.2) is 52.4 Å². The monoisotopic (exact) mass is 477 g/mol. The molecule has 1 amide bonds. The second kappa shape index (κ2) is 10.8. The molecule has 35 heavy (non-hydrogen) atoms. The summed E-state index contributed by atoms with van der Waals surface area (Å²) in [4.78, 5) is 29.5. The third-order valence-electron chi connectivity index (χ3n) is 5.56. The van der Waals surface area contributed by atoms with Gasteiger partial charge in [-0.15, -0.1) is 0 Å². The number of rotatable bonds is 9. The molecule has 10 heteroatoms. The highest BCUT2D eigenvalue weighted by Gasteiger charge is 2.15. The maximum absolute atomic E-state index is 12.4. The van der Waals surface area contributed by atoms with Crippen molar-refractivity contribution in [2.24, 2.45) is 0 Å². The van der Waals surface area contributed by atoms with E-state index in [1.165, 1.54) is 6.33 Å². The van der Waals surface area contributed by atoms with E-state index >= 15 is 0 Å². The molecule has 180 valence electrons. The number of carbonyl (C=O) groups is 1. The molecule has 3 heterocycles. The van der Waals surface area contributed by atoms with Gasteiger partial charge in [-0.1, -0.05) is 25.1 Å². The first-order valence-corrected chi connectivity index (χ1v) is 11.1. The molecular formula is C25H25F2N7O. The lowest BCUT2D eigenvalue weighted by Crippen LogP contribution is -2.18. The van der Waals surface area contributed by atoms with Crippen LogP contribution in [0.4, 0.5) is 20.4 Å². The smallest absolute Gasteiger partial charge is 0.255 e. The molecule has 0 saturated heterocycles. The molecular weight excluding hydrogens is 452 g/mol. The minimum Gasteiger partial charge on any atom is -0.369 e. The zero-order chi connectivity index (χ0) is 24.8. The number of benzene rings is 1. The Morgan fingerprint density at radius 1 is 0.971 bits per heavy atom. The molecule has 1 atom stereocenters. The summed E-state index contributed by atoms with van der Waals surface area (Å²) < 4.78 is 24.7. The number of carbonyl (C=O) groups excluding carboxylic acids is 1. The van der Waals surface area contributed by atoms with Crippen LogP contribution < -0.4 is 16.0 Å². The second-order valence-electron chi connectivity index (χ2n) is 7.96. The molecule has 1 aromatic carbocycles. The van der Waals surface area contributed by atoms with Gasteiger partial charge in [-0.3, -0.25) is 9.78 Å². The van der Waals surface area contributed by atoms with Crippen molar-refractivity contribution in [3.05, 3.63) is 72.3 Å². The molecule has 0 aliphatic rings. The minimum atomic E-state index is -2.45. The van der Waals surface area contributed by atoms with Crippen LogP contribution >= 0.6 is 0 Å². The van der Waals surface area contributed by atoms with Crippen molar-refractivity contribution in [1.29, 1.82) is 0 Å². The molecule has 0 aliphatic heterocycles. The number of amides is 1. The number of alkyl halides is 2. The van der Waals surface area contributed by atoms with Crippen molar-refractivity contribution >= 4 is 28.4 Å². The Kier molecular flexibility index (Phi) is 7.39. The topological polar surface area (TPSA) is 105 Å². The lowest BCUT2D eigenvalue weighted by atomic mass is 9.96. The van der Waals surface area contributed by atoms with Gasteiger partial charge in [0.1, 0.15) is 18.0 Å². The van der Waals surface area contributed by atoms with Crippen LogP contribution in [0.15, 0.2) is 61.2 Å². The fraction of sp³-hybridized carbons (Fsp3) is 0.240. The van der Waals surface area contributed by atoms with Gasteiger partial charge >= 0.3 is 0 Å². The van der Waals surface area contributed by atoms with Crippen molar-refractivity contribution in [2.75, 3.05) is 30.8 Å². The first-order valence-electron chi connectivity index (χ1n) is 11.1. The molecule has 0 radical (unpaired) electrons. The highest BCUT2D eigenvalue weighted by atomic mass is 19.3. The summed E-state index contributed by atoms with van der Waals surface area (Å²) in [5, 5.41) is 9.39. The second-order valence-corrected chi connectivity index (χ2v) is 7.96. The Bertz CT molecular complexity index is 1310. The van der Waals surface area contributed by atoms with Crippen LogP contribution in [0, 0.1) is 0 Å². The zero-order valence-corrected chi connectivity index (χ0v) is 19.3.